The third kappa shape index (κ3) is 4.04. The maximum absolute atomic E-state index is 9.22. The van der Waals surface area contributed by atoms with E-state index < -0.39 is 0 Å². The third-order valence-corrected chi connectivity index (χ3v) is 1.38. The van der Waals surface area contributed by atoms with Crippen LogP contribution < -0.4 is 5.73 Å². The van der Waals surface area contributed by atoms with Crippen molar-refractivity contribution in [2.24, 2.45) is 5.73 Å². The highest BCUT2D eigenvalue weighted by Crippen LogP contribution is 2.13. The highest BCUT2D eigenvalue weighted by Gasteiger charge is 1.99. The van der Waals surface area contributed by atoms with E-state index in [2.05, 4.69) is 15.9 Å². The number of nitrogens with zero attached hydrogens (tertiary/aromatic N) is 2. The maximum atomic E-state index is 9.22. The van der Waals surface area contributed by atoms with Crippen LogP contribution in [0.4, 0.5) is 0 Å². The summed E-state index contributed by atoms with van der Waals surface area (Å²) in [5.74, 6) is 0.227. The molecule has 2 N–H and O–H groups in total. The minimum absolute atomic E-state index is 0.333. The summed E-state index contributed by atoms with van der Waals surface area (Å²) < 4.78 is 5.00. The van der Waals surface area contributed by atoms with Gasteiger partial charge in [0.2, 0.25) is 18.2 Å². The van der Waals surface area contributed by atoms with Crippen molar-refractivity contribution in [3.8, 4) is 11.5 Å². The number of aromatic nitrogens is 2. The molecule has 0 aliphatic carbocycles. The number of carbonyl (C=O) groups excluding carboxylic acids is 1. The zero-order valence-electron chi connectivity index (χ0n) is 8.25. The smallest absolute Gasteiger partial charge is 0.247 e. The zero-order chi connectivity index (χ0) is 11.1. The Morgan fingerprint density at radius 3 is 2.40 bits per heavy atom. The predicted octanol–water partition coefficient (Wildman–Crippen LogP) is 1.23. The highest BCUT2D eigenvalue weighted by molar-refractivity contribution is 5.70. The largest absolute Gasteiger partial charge is 0.423 e. The second kappa shape index (κ2) is 5.54. The summed E-state index contributed by atoms with van der Waals surface area (Å²) in [5, 5.41) is 7.35. The molecule has 0 aliphatic heterocycles. The summed E-state index contributed by atoms with van der Waals surface area (Å²) in [7, 11) is 0. The van der Waals surface area contributed by atoms with Gasteiger partial charge in [-0.1, -0.05) is 18.2 Å². The molecule has 1 aromatic carbocycles. The SMILES string of the molecule is CC(N)=O.c1ccc(-c2nnco2)cc1. The van der Waals surface area contributed by atoms with Gasteiger partial charge in [-0.2, -0.15) is 0 Å². The number of rotatable bonds is 1. The lowest BCUT2D eigenvalue weighted by molar-refractivity contribution is -0.115. The number of primary amides is 1. The normalized spacial score (nSPS) is 8.87. The van der Waals surface area contributed by atoms with Crippen LogP contribution in [0.3, 0.4) is 0 Å². The van der Waals surface area contributed by atoms with Crippen LogP contribution in [0.25, 0.3) is 11.5 Å². The standard InChI is InChI=1S/C8H6N2O.C2H5NO/c1-2-4-7(5-3-1)8-10-9-6-11-8;1-2(3)4/h1-6H;1H3,(H2,3,4). The summed E-state index contributed by atoms with van der Waals surface area (Å²) >= 11 is 0. The van der Waals surface area contributed by atoms with Crippen molar-refractivity contribution in [1.29, 1.82) is 0 Å². The Morgan fingerprint density at radius 1 is 1.33 bits per heavy atom. The molecular weight excluding hydrogens is 194 g/mol. The van der Waals surface area contributed by atoms with Crippen LogP contribution >= 0.6 is 0 Å². The summed E-state index contributed by atoms with van der Waals surface area (Å²) in [6.07, 6.45) is 1.32. The highest BCUT2D eigenvalue weighted by atomic mass is 16.4. The Labute approximate surface area is 86.9 Å². The van der Waals surface area contributed by atoms with Gasteiger partial charge < -0.3 is 10.2 Å². The minimum atomic E-state index is -0.333. The first-order chi connectivity index (χ1) is 7.20. The predicted molar refractivity (Wildman–Crippen MR) is 54.6 cm³/mol. The molecule has 0 radical (unpaired) electrons. The number of nitrogens with two attached hydrogens (primary N) is 1. The fraction of sp³-hybridized carbons (Fsp3) is 0.100. The molecule has 0 atom stereocenters. The Hall–Kier alpha value is -2.17. The third-order valence-electron chi connectivity index (χ3n) is 1.38. The Bertz CT molecular complexity index is 394. The lowest BCUT2D eigenvalue weighted by Gasteiger charge is -1.89. The quantitative estimate of drug-likeness (QED) is 0.759. The van der Waals surface area contributed by atoms with E-state index in [1.165, 1.54) is 13.3 Å². The second-order valence-corrected chi connectivity index (χ2v) is 2.72. The van der Waals surface area contributed by atoms with Crippen molar-refractivity contribution in [1.82, 2.24) is 10.2 Å². The second-order valence-electron chi connectivity index (χ2n) is 2.72. The lowest BCUT2D eigenvalue weighted by atomic mass is 10.2. The van der Waals surface area contributed by atoms with E-state index in [1.807, 2.05) is 30.3 Å². The molecule has 0 spiro atoms. The first-order valence-electron chi connectivity index (χ1n) is 4.28. The summed E-state index contributed by atoms with van der Waals surface area (Å²) in [6, 6.07) is 9.65. The van der Waals surface area contributed by atoms with Gasteiger partial charge in [0.1, 0.15) is 0 Å². The van der Waals surface area contributed by atoms with Crippen molar-refractivity contribution < 1.29 is 9.21 Å². The zero-order valence-corrected chi connectivity index (χ0v) is 8.25. The van der Waals surface area contributed by atoms with Gasteiger partial charge in [0.15, 0.2) is 0 Å². The summed E-state index contributed by atoms with van der Waals surface area (Å²) in [6.45, 7) is 1.31. The minimum Gasteiger partial charge on any atom is -0.423 e. The number of amides is 1. The van der Waals surface area contributed by atoms with Gasteiger partial charge in [0.25, 0.3) is 0 Å². The molecule has 1 aromatic heterocycles. The van der Waals surface area contributed by atoms with Crippen LogP contribution in [0.2, 0.25) is 0 Å². The molecule has 2 aromatic rings. The molecule has 5 nitrogen and oxygen atoms in total. The number of hydrogen-bond donors (Lipinski definition) is 1. The van der Waals surface area contributed by atoms with Gasteiger partial charge >= 0.3 is 0 Å². The van der Waals surface area contributed by atoms with Crippen molar-refractivity contribution in [2.45, 2.75) is 6.92 Å². The van der Waals surface area contributed by atoms with Gasteiger partial charge in [0.05, 0.1) is 0 Å². The fourth-order valence-electron chi connectivity index (χ4n) is 0.880. The van der Waals surface area contributed by atoms with Crippen LogP contribution in [0.5, 0.6) is 0 Å². The molecule has 1 amide bonds. The van der Waals surface area contributed by atoms with Crippen LogP contribution in [-0.4, -0.2) is 16.1 Å². The lowest BCUT2D eigenvalue weighted by Crippen LogP contribution is -2.01. The van der Waals surface area contributed by atoms with Crippen LogP contribution in [0.15, 0.2) is 41.1 Å². The molecule has 0 fully saturated rings. The molecule has 5 heteroatoms. The Balaban J connectivity index is 0.000000245. The van der Waals surface area contributed by atoms with Gasteiger partial charge in [-0.3, -0.25) is 4.79 Å². The molecule has 0 aliphatic rings. The molecule has 0 bridgehead atoms. The summed E-state index contributed by atoms with van der Waals surface area (Å²) in [4.78, 5) is 9.22. The van der Waals surface area contributed by atoms with Gasteiger partial charge in [-0.05, 0) is 12.1 Å². The molecule has 0 unspecified atom stereocenters. The molecular formula is C10H11N3O2. The molecule has 0 saturated heterocycles. The molecule has 0 saturated carbocycles. The summed E-state index contributed by atoms with van der Waals surface area (Å²) in [5.41, 5.74) is 5.42. The molecule has 15 heavy (non-hydrogen) atoms. The average Bonchev–Trinajstić information content (AvgIpc) is 2.71. The van der Waals surface area contributed by atoms with Crippen LogP contribution in [-0.2, 0) is 4.79 Å². The fourth-order valence-corrected chi connectivity index (χ4v) is 0.880. The number of carbonyl (C=O) groups is 1. The van der Waals surface area contributed by atoms with Gasteiger partial charge in [-0.25, -0.2) is 0 Å². The van der Waals surface area contributed by atoms with Crippen molar-refractivity contribution >= 4 is 5.91 Å². The van der Waals surface area contributed by atoms with Gasteiger partial charge in [-0.15, -0.1) is 10.2 Å². The topological polar surface area (TPSA) is 82.0 Å². The van der Waals surface area contributed by atoms with Crippen molar-refractivity contribution in [3.63, 3.8) is 0 Å². The van der Waals surface area contributed by atoms with E-state index in [-0.39, 0.29) is 5.91 Å². The van der Waals surface area contributed by atoms with Crippen LogP contribution in [0.1, 0.15) is 6.92 Å². The molecule has 2 rings (SSSR count). The van der Waals surface area contributed by atoms with E-state index in [9.17, 15) is 4.79 Å². The maximum Gasteiger partial charge on any atom is 0.247 e. The van der Waals surface area contributed by atoms with E-state index in [0.29, 0.717) is 5.89 Å². The first kappa shape index (κ1) is 10.9. The van der Waals surface area contributed by atoms with E-state index in [4.69, 9.17) is 4.42 Å². The Morgan fingerprint density at radius 2 is 1.93 bits per heavy atom. The first-order valence-corrected chi connectivity index (χ1v) is 4.28. The van der Waals surface area contributed by atoms with Crippen LogP contribution in [0, 0.1) is 0 Å². The van der Waals surface area contributed by atoms with Crippen molar-refractivity contribution in [2.75, 3.05) is 0 Å². The number of benzene rings is 1. The monoisotopic (exact) mass is 205 g/mol. The van der Waals surface area contributed by atoms with E-state index >= 15 is 0 Å². The average molecular weight is 205 g/mol. The van der Waals surface area contributed by atoms with Gasteiger partial charge in [0, 0.05) is 12.5 Å². The van der Waals surface area contributed by atoms with Crippen molar-refractivity contribution in [3.05, 3.63) is 36.7 Å². The molecule has 78 valence electrons. The number of hydrogen-bond acceptors (Lipinski definition) is 4. The molecule has 1 heterocycles. The van der Waals surface area contributed by atoms with E-state index in [0.717, 1.165) is 5.56 Å². The van der Waals surface area contributed by atoms with E-state index in [1.54, 1.807) is 0 Å². The Kier molecular flexibility index (Phi) is 4.03.